The number of methoxy groups -OCH3 is 2. The number of aromatic nitrogens is 3. The molecule has 6 aliphatic heterocycles. The number of nitrogens with zero attached hydrogens (tertiary/aromatic N) is 6. The molecule has 32 atom stereocenters. The maximum atomic E-state index is 12.5. The average Bonchev–Trinajstić information content (AvgIpc) is 0.802. The van der Waals surface area contributed by atoms with Crippen molar-refractivity contribution in [1.29, 1.82) is 0 Å². The molecule has 48 heteroatoms. The summed E-state index contributed by atoms with van der Waals surface area (Å²) >= 11 is 0. The van der Waals surface area contributed by atoms with Gasteiger partial charge in [0.15, 0.2) is 25.2 Å². The highest BCUT2D eigenvalue weighted by Crippen LogP contribution is 2.41. The van der Waals surface area contributed by atoms with E-state index in [1.807, 2.05) is 0 Å². The van der Waals surface area contributed by atoms with E-state index in [0.717, 1.165) is 0 Å². The van der Waals surface area contributed by atoms with Crippen molar-refractivity contribution < 1.29 is 207 Å². The van der Waals surface area contributed by atoms with Crippen LogP contribution in [0.3, 0.4) is 0 Å². The van der Waals surface area contributed by atoms with Crippen LogP contribution in [0, 0.1) is 24.2 Å². The summed E-state index contributed by atoms with van der Waals surface area (Å²) in [6.07, 6.45) is -43.6. The fraction of sp³-hybridized carbons (Fsp3) is 0.714. The third-order valence-corrected chi connectivity index (χ3v) is 19.9. The van der Waals surface area contributed by atoms with Gasteiger partial charge < -0.3 is 188 Å². The number of hydrogen-bond acceptors (Lipinski definition) is 43. The molecule has 664 valence electrons. The van der Waals surface area contributed by atoms with Crippen molar-refractivity contribution >= 4 is 29.6 Å². The molecule has 2 aromatic carbocycles. The SMILES string of the molecule is C#CCO[C@@H]1O[C@@H](CO)[C@@H](O[C@@H]2OC(CO[C@]3(C(=O)O)C[C@@H](O)[C@@H](C)C([C@H](O)[C@H](O)CO)O3)[C@H](O)[C@H](O)C2O)C(O)C1O.COCCOC(=O)c1ccc(-n2nncc2CO[C@@H]2O[C@@H](CO)[C@@H](O[C@@H]3OC(CO[C@]4(C(=O)O)C[C@@H](O)[C@@H](C)C([C@H](O)[C@H](O)CO)O4)[C@H](O)[C@H](O)C3O)C(O)C2O)cc1.COCCOC(=O)c1ccc(N=[N+]=[N-])cc1. The summed E-state index contributed by atoms with van der Waals surface area (Å²) in [5.41, 5.74) is 10.1. The molecule has 6 aliphatic rings. The van der Waals surface area contributed by atoms with Crippen molar-refractivity contribution in [2.75, 3.05) is 86.9 Å². The number of carbonyl (C=O) groups is 4. The van der Waals surface area contributed by atoms with E-state index in [4.69, 9.17) is 87.7 Å². The highest BCUT2D eigenvalue weighted by Gasteiger charge is 2.59. The zero-order chi connectivity index (χ0) is 87.2. The van der Waals surface area contributed by atoms with Crippen molar-refractivity contribution in [2.24, 2.45) is 17.0 Å². The predicted octanol–water partition coefficient (Wildman–Crippen LogP) is -9.49. The van der Waals surface area contributed by atoms with Crippen molar-refractivity contribution in [3.8, 4) is 18.0 Å². The smallest absolute Gasteiger partial charge is 0.364 e. The third-order valence-electron chi connectivity index (χ3n) is 19.9. The average molecular weight is 1700 g/mol. The van der Waals surface area contributed by atoms with E-state index >= 15 is 0 Å². The lowest BCUT2D eigenvalue weighted by Crippen LogP contribution is -2.65. The molecule has 118 heavy (non-hydrogen) atoms. The van der Waals surface area contributed by atoms with Gasteiger partial charge in [-0.1, -0.05) is 42.2 Å². The molecule has 3 aromatic rings. The first-order valence-corrected chi connectivity index (χ1v) is 36.6. The second-order valence-electron chi connectivity index (χ2n) is 27.8. The number of benzene rings is 2. The van der Waals surface area contributed by atoms with Crippen molar-refractivity contribution in [1.82, 2.24) is 15.0 Å². The van der Waals surface area contributed by atoms with Crippen LogP contribution in [0.5, 0.6) is 0 Å². The zero-order valence-electron chi connectivity index (χ0n) is 63.7. The number of carboxylic acid groups (broad SMARTS) is 2. The Hall–Kier alpha value is -7.03. The standard InChI is InChI=1S/C35H51N3O21.C25H40O18.C10H11N3O3/c1-15-19(41)9-35(34(50)51,59-29(15)23(43)20(42)11-39)55-14-22-24(44)25(45)27(47)33(57-22)58-30-21(12-40)56-32(28(48)26(30)46)54-13-18-10-36-37-38(18)17-5-3-16(4-6-17)31(49)53-8-7-52-2;1-3-4-38-22-19(35)17(33)21(12(7-27)40-22)42-23-18(34)16(32)15(31)13(41-23)8-39-25(24(36)37)5-10(28)9(2)20(43-25)14(30)11(29)6-26;1-15-6-7-16-10(14)8-2-4-9(5-3-8)12-13-11/h3-6,10,15,19-30,32-33,39-48H,7-9,11-14H2,1-2H3,(H,50,51);1,9-23,26-35H,4-8H2,2H3,(H,36,37);2-5H,6-7H2,1H3/t15-,19-,20-,21+,22?,23-,24+,25+,26?,27?,28?,29?,30-,32-,33+,35-;9-,10-,11-,12+,13?,14-,15+,16+,17?,18?,19?,20?,21-,22-,23+,25-;/m11./s1. The fourth-order valence-corrected chi connectivity index (χ4v) is 12.8. The summed E-state index contributed by atoms with van der Waals surface area (Å²) < 4.78 is 87.3. The first-order valence-electron chi connectivity index (χ1n) is 36.6. The minimum Gasteiger partial charge on any atom is -0.477 e. The van der Waals surface area contributed by atoms with Crippen LogP contribution in [0.15, 0.2) is 59.8 Å². The molecule has 7 heterocycles. The molecular weight excluding hydrogens is 1600 g/mol. The summed E-state index contributed by atoms with van der Waals surface area (Å²) in [5.74, 6) is -9.64. The summed E-state index contributed by atoms with van der Waals surface area (Å²) in [4.78, 5) is 51.0. The first-order chi connectivity index (χ1) is 56.1. The molecule has 6 fully saturated rings. The number of rotatable bonds is 35. The number of terminal acetylenes is 1. The molecule has 0 aliphatic carbocycles. The van der Waals surface area contributed by atoms with Gasteiger partial charge in [0, 0.05) is 49.5 Å². The minimum atomic E-state index is -2.71. The van der Waals surface area contributed by atoms with E-state index in [9.17, 15) is 132 Å². The Morgan fingerprint density at radius 1 is 0.568 bits per heavy atom. The van der Waals surface area contributed by atoms with Crippen LogP contribution in [0.1, 0.15) is 53.1 Å². The number of ether oxygens (including phenoxy) is 16. The lowest BCUT2D eigenvalue weighted by Gasteiger charge is -2.47. The number of carboxylic acids is 2. The predicted molar refractivity (Wildman–Crippen MR) is 379 cm³/mol. The normalized spacial score (nSPS) is 35.8. The van der Waals surface area contributed by atoms with E-state index in [0.29, 0.717) is 29.2 Å². The van der Waals surface area contributed by atoms with Gasteiger partial charge >= 0.3 is 23.9 Å². The molecule has 10 unspecified atom stereocenters. The Labute approximate surface area is 670 Å². The van der Waals surface area contributed by atoms with Crippen LogP contribution in [-0.2, 0) is 92.0 Å². The molecule has 22 N–H and O–H groups in total. The van der Waals surface area contributed by atoms with Crippen molar-refractivity contribution in [2.45, 2.75) is 217 Å². The van der Waals surface area contributed by atoms with Gasteiger partial charge in [-0.25, -0.2) is 23.9 Å². The van der Waals surface area contributed by atoms with Crippen LogP contribution in [0.2, 0.25) is 0 Å². The highest BCUT2D eigenvalue weighted by atomic mass is 16.8. The number of aliphatic hydroxyl groups excluding tert-OH is 20. The van der Waals surface area contributed by atoms with Gasteiger partial charge in [0.25, 0.3) is 11.6 Å². The monoisotopic (exact) mass is 1700 g/mol. The number of aliphatic hydroxyl groups is 20. The fourth-order valence-electron chi connectivity index (χ4n) is 12.8. The number of carbonyl (C=O) groups excluding carboxylic acids is 2. The summed E-state index contributed by atoms with van der Waals surface area (Å²) in [6.45, 7) is -2.13. The van der Waals surface area contributed by atoms with Crippen LogP contribution in [0.25, 0.3) is 16.1 Å². The molecule has 0 bridgehead atoms. The Morgan fingerprint density at radius 3 is 1.35 bits per heavy atom. The lowest BCUT2D eigenvalue weighted by molar-refractivity contribution is -0.369. The second-order valence-corrected chi connectivity index (χ2v) is 27.8. The van der Waals surface area contributed by atoms with Crippen LogP contribution in [-0.4, -0.2) is 421 Å². The molecular formula is C70H102N6O42. The Morgan fingerprint density at radius 2 is 0.966 bits per heavy atom. The second kappa shape index (κ2) is 45.7. The molecule has 0 radical (unpaired) electrons. The topological polar surface area (TPSA) is 740 Å². The maximum absolute atomic E-state index is 12.5. The van der Waals surface area contributed by atoms with E-state index in [1.165, 1.54) is 51.1 Å². The third kappa shape index (κ3) is 24.2. The minimum absolute atomic E-state index is 0.0739. The number of azide groups is 1. The van der Waals surface area contributed by atoms with Crippen LogP contribution >= 0.6 is 0 Å². The van der Waals surface area contributed by atoms with Crippen molar-refractivity contribution in [3.05, 3.63) is 82.0 Å². The van der Waals surface area contributed by atoms with Crippen LogP contribution < -0.4 is 0 Å². The molecule has 48 nitrogen and oxygen atoms in total. The molecule has 0 saturated carbocycles. The zero-order valence-corrected chi connectivity index (χ0v) is 63.7. The Kier molecular flexibility index (Phi) is 38.0. The Balaban J connectivity index is 0.000000283. The first kappa shape index (κ1) is 98.1. The van der Waals surface area contributed by atoms with E-state index in [1.54, 1.807) is 36.4 Å². The molecule has 9 rings (SSSR count). The number of esters is 2. The molecule has 1 aromatic heterocycles. The summed E-state index contributed by atoms with van der Waals surface area (Å²) in [5, 5.41) is 238. The summed E-state index contributed by atoms with van der Waals surface area (Å²) in [6, 6.07) is 12.3. The summed E-state index contributed by atoms with van der Waals surface area (Å²) in [7, 11) is 3.00. The van der Waals surface area contributed by atoms with Gasteiger partial charge in [-0.2, -0.15) is 0 Å². The van der Waals surface area contributed by atoms with Gasteiger partial charge in [0.2, 0.25) is 0 Å². The molecule has 0 amide bonds. The van der Waals surface area contributed by atoms with Crippen LogP contribution in [0.4, 0.5) is 5.69 Å². The quantitative estimate of drug-likeness (QED) is 0.00649. The maximum Gasteiger partial charge on any atom is 0.364 e. The highest BCUT2D eigenvalue weighted by molar-refractivity contribution is 5.90. The van der Waals surface area contributed by atoms with Gasteiger partial charge in [-0.05, 0) is 41.9 Å². The van der Waals surface area contributed by atoms with Gasteiger partial charge in [-0.15, -0.1) is 11.5 Å². The number of hydrogen-bond donors (Lipinski definition) is 22. The van der Waals surface area contributed by atoms with Gasteiger partial charge in [0.05, 0.1) is 113 Å². The Bertz CT molecular complexity index is 3680. The van der Waals surface area contributed by atoms with E-state index < -0.39 is 271 Å². The molecule has 6 saturated heterocycles. The van der Waals surface area contributed by atoms with Gasteiger partial charge in [0.1, 0.15) is 142 Å². The van der Waals surface area contributed by atoms with Gasteiger partial charge in [-0.3, -0.25) is 0 Å². The molecule has 0 spiro atoms. The lowest BCUT2D eigenvalue weighted by atomic mass is 9.84. The van der Waals surface area contributed by atoms with Crippen molar-refractivity contribution in [3.63, 3.8) is 0 Å². The van der Waals surface area contributed by atoms with E-state index in [2.05, 4.69) is 26.3 Å². The largest absolute Gasteiger partial charge is 0.477 e. The van der Waals surface area contributed by atoms with E-state index in [-0.39, 0.29) is 38.6 Å². The number of aliphatic carboxylic acids is 2.